The summed E-state index contributed by atoms with van der Waals surface area (Å²) in [5.41, 5.74) is 9.36. The third kappa shape index (κ3) is 23.6. The highest BCUT2D eigenvalue weighted by molar-refractivity contribution is 6.08. The van der Waals surface area contributed by atoms with Crippen molar-refractivity contribution in [2.45, 2.75) is 83.0 Å². The van der Waals surface area contributed by atoms with Crippen LogP contribution in [0.25, 0.3) is 0 Å². The first-order chi connectivity index (χ1) is 39.0. The Morgan fingerprint density at radius 3 is 1.02 bits per heavy atom. The predicted molar refractivity (Wildman–Crippen MR) is 289 cm³/mol. The van der Waals surface area contributed by atoms with Crippen molar-refractivity contribution in [3.05, 3.63) is 154 Å². The average Bonchev–Trinajstić information content (AvgIpc) is 3.49. The molecule has 1 fully saturated rings. The van der Waals surface area contributed by atoms with Crippen LogP contribution in [0.4, 0.5) is 0 Å². The molecule has 4 atom stereocenters. The Kier molecular flexibility index (Phi) is 29.1. The summed E-state index contributed by atoms with van der Waals surface area (Å²) in [7, 11) is 0. The number of aliphatic carboxylic acids is 4. The van der Waals surface area contributed by atoms with Crippen LogP contribution >= 0.6 is 0 Å². The first kappa shape index (κ1) is 70.7. The number of rotatable bonds is 24. The van der Waals surface area contributed by atoms with Crippen molar-refractivity contribution in [1.29, 1.82) is 0 Å². The number of carbonyl (C=O) groups excluding carboxylic acids is 7. The smallest absolute Gasteiger partial charge is 0.336 e. The maximum Gasteiger partial charge on any atom is 0.336 e. The van der Waals surface area contributed by atoms with Crippen molar-refractivity contribution < 1.29 is 113 Å². The van der Waals surface area contributed by atoms with Gasteiger partial charge in [-0.3, -0.25) is 43.2 Å². The van der Waals surface area contributed by atoms with E-state index in [2.05, 4.69) is 33.2 Å². The lowest BCUT2D eigenvalue weighted by atomic mass is 10.0. The minimum absolute atomic E-state index is 0. The summed E-state index contributed by atoms with van der Waals surface area (Å²) in [6, 6.07) is 17.5. The Labute approximate surface area is 475 Å². The summed E-state index contributed by atoms with van der Waals surface area (Å²) in [5, 5.41) is 82.6. The highest BCUT2D eigenvalue weighted by Gasteiger charge is 2.29. The molecular weight excluding hydrogens is 1110 g/mol. The standard InChI is InChI=1S/C14H14N2O4.2C13H14N2O6.C13H13NO7.CH4/c1-8-6-7-11(13(18)15-8)16-12(17)9-4-2-3-5-10(9)14(19)20;14-11(18)9(5-6-10(16)17)15-12(19)7-3-1-2-4-8(7)13(20)21;14-10(16)6-5-9(13(20)21)15-11(17)7-3-1-2-4-8(7)12(18)19;15-10(16)6-5-9(13(20)21)14-11(17)7-3-1-2-4-8(7)12(18)19;/h2-5,11H,1,6-7H2,(H,15,18)(H,16,17)(H,19,20);1-4,9H,5-6H2,(H2,14,18)(H,15,19)(H,16,17)(H,20,21);1-4,9H,5-6H2,(H2,14,16)(H,15,17)(H,18,19)(H,20,21);1-4,9H,5-6H2,(H,14,17)(H,15,16)(H,18,19)(H,20,21);1H4. The van der Waals surface area contributed by atoms with E-state index in [4.69, 9.17) is 52.3 Å². The Hall–Kier alpha value is -11.3. The number of hydrogen-bond donors (Lipinski definition) is 15. The quantitative estimate of drug-likeness (QED) is 0.0474. The SMILES string of the molecule is C.C=C1CCC(NC(=O)c2ccccc2C(=O)O)C(=O)N1.NC(=O)C(CCC(=O)O)NC(=O)c1ccccc1C(=O)O.NC(=O)CCC(NC(=O)c1ccccc1C(=O)O)C(=O)O.O=C(O)CCC(NC(=O)c1ccccc1C(=O)O)C(=O)O. The molecular formula is C54H59N7O23. The van der Waals surface area contributed by atoms with Crippen molar-refractivity contribution in [1.82, 2.24) is 26.6 Å². The molecule has 1 heterocycles. The molecule has 4 aromatic rings. The van der Waals surface area contributed by atoms with Crippen molar-refractivity contribution in [2.24, 2.45) is 11.5 Å². The van der Waals surface area contributed by atoms with Crippen LogP contribution in [0.1, 0.15) is 142 Å². The number of benzene rings is 4. The lowest BCUT2D eigenvalue weighted by Gasteiger charge is -2.24. The van der Waals surface area contributed by atoms with Crippen molar-refractivity contribution in [3.63, 3.8) is 0 Å². The zero-order valence-electron chi connectivity index (χ0n) is 43.3. The molecule has 84 heavy (non-hydrogen) atoms. The molecule has 30 nitrogen and oxygen atoms in total. The maximum absolute atomic E-state index is 12.1. The topological polar surface area (TPSA) is 530 Å². The fraction of sp³-hybridized carbons (Fsp3) is 0.241. The van der Waals surface area contributed by atoms with Crippen molar-refractivity contribution in [2.75, 3.05) is 0 Å². The number of carboxylic acids is 8. The molecule has 1 saturated heterocycles. The van der Waals surface area contributed by atoms with Gasteiger partial charge in [0.25, 0.3) is 23.6 Å². The number of hydrogen-bond acceptors (Lipinski definition) is 15. The molecule has 0 spiro atoms. The van der Waals surface area contributed by atoms with Gasteiger partial charge in [-0.05, 0) is 80.6 Å². The summed E-state index contributed by atoms with van der Waals surface area (Å²) in [5.74, 6) is -15.2. The van der Waals surface area contributed by atoms with Gasteiger partial charge in [-0.1, -0.05) is 62.5 Å². The van der Waals surface area contributed by atoms with Gasteiger partial charge in [0.1, 0.15) is 24.2 Å². The number of carboxylic acid groups (broad SMARTS) is 8. The average molecular weight is 1170 g/mol. The molecule has 0 radical (unpaired) electrons. The van der Waals surface area contributed by atoms with Crippen LogP contribution in [0, 0.1) is 0 Å². The summed E-state index contributed by atoms with van der Waals surface area (Å²) in [6.07, 6.45) is -0.615. The third-order valence-electron chi connectivity index (χ3n) is 11.1. The van der Waals surface area contributed by atoms with Crippen LogP contribution in [-0.4, -0.2) is 154 Å². The van der Waals surface area contributed by atoms with Crippen LogP contribution in [-0.2, 0) is 33.6 Å². The van der Waals surface area contributed by atoms with Crippen LogP contribution in [0.5, 0.6) is 0 Å². The molecule has 0 aromatic heterocycles. The highest BCUT2D eigenvalue weighted by Crippen LogP contribution is 2.16. The highest BCUT2D eigenvalue weighted by atomic mass is 16.4. The zero-order chi connectivity index (χ0) is 62.7. The number of aromatic carboxylic acids is 4. The summed E-state index contributed by atoms with van der Waals surface area (Å²) in [6.45, 7) is 3.65. The molecule has 7 amide bonds. The minimum atomic E-state index is -1.41. The Morgan fingerprint density at radius 1 is 0.464 bits per heavy atom. The van der Waals surface area contributed by atoms with E-state index in [1.807, 2.05) is 0 Å². The number of nitrogens with two attached hydrogens (primary N) is 2. The van der Waals surface area contributed by atoms with Gasteiger partial charge >= 0.3 is 47.8 Å². The molecule has 5 rings (SSSR count). The second-order valence-electron chi connectivity index (χ2n) is 17.1. The van der Waals surface area contributed by atoms with E-state index in [1.165, 1.54) is 91.0 Å². The van der Waals surface area contributed by atoms with Crippen LogP contribution in [0.3, 0.4) is 0 Å². The first-order valence-corrected chi connectivity index (χ1v) is 23.9. The van der Waals surface area contributed by atoms with Gasteiger partial charge in [0.05, 0.1) is 44.5 Å². The zero-order valence-corrected chi connectivity index (χ0v) is 43.3. The summed E-state index contributed by atoms with van der Waals surface area (Å²) < 4.78 is 0. The lowest BCUT2D eigenvalue weighted by Crippen LogP contribution is -2.49. The molecule has 17 N–H and O–H groups in total. The van der Waals surface area contributed by atoms with Gasteiger partial charge in [0, 0.05) is 25.0 Å². The number of piperidine rings is 1. The van der Waals surface area contributed by atoms with Gasteiger partial charge in [-0.25, -0.2) is 28.8 Å². The molecule has 1 aliphatic rings. The van der Waals surface area contributed by atoms with E-state index in [9.17, 15) is 71.9 Å². The van der Waals surface area contributed by atoms with Gasteiger partial charge < -0.3 is 78.9 Å². The third-order valence-corrected chi connectivity index (χ3v) is 11.1. The normalized spacial score (nSPS) is 12.9. The largest absolute Gasteiger partial charge is 0.481 e. The second kappa shape index (κ2) is 34.6. The monoisotopic (exact) mass is 1170 g/mol. The number of nitrogens with one attached hydrogen (secondary N) is 5. The maximum atomic E-state index is 12.1. The Balaban J connectivity index is 0.000000558. The van der Waals surface area contributed by atoms with E-state index in [0.717, 1.165) is 0 Å². The molecule has 4 aromatic carbocycles. The van der Waals surface area contributed by atoms with E-state index >= 15 is 0 Å². The van der Waals surface area contributed by atoms with Crippen LogP contribution in [0.15, 0.2) is 109 Å². The van der Waals surface area contributed by atoms with Crippen LogP contribution < -0.4 is 38.1 Å². The van der Waals surface area contributed by atoms with Gasteiger partial charge in [-0.15, -0.1) is 0 Å². The number of primary amides is 2. The van der Waals surface area contributed by atoms with E-state index < -0.39 is 114 Å². The van der Waals surface area contributed by atoms with Gasteiger partial charge in [0.2, 0.25) is 17.7 Å². The molecule has 0 saturated carbocycles. The number of carbonyl (C=O) groups is 15. The fourth-order valence-electron chi connectivity index (χ4n) is 6.95. The van der Waals surface area contributed by atoms with E-state index in [0.29, 0.717) is 18.5 Å². The van der Waals surface area contributed by atoms with Crippen molar-refractivity contribution in [3.8, 4) is 0 Å². The molecule has 0 aliphatic carbocycles. The molecule has 4 unspecified atom stereocenters. The summed E-state index contributed by atoms with van der Waals surface area (Å²) in [4.78, 5) is 169. The molecule has 0 bridgehead atoms. The van der Waals surface area contributed by atoms with E-state index in [1.54, 1.807) is 6.07 Å². The van der Waals surface area contributed by atoms with Gasteiger partial charge in [-0.2, -0.15) is 0 Å². The van der Waals surface area contributed by atoms with Gasteiger partial charge in [0.15, 0.2) is 0 Å². The molecule has 30 heteroatoms. The van der Waals surface area contributed by atoms with Crippen LogP contribution in [0.2, 0.25) is 0 Å². The first-order valence-electron chi connectivity index (χ1n) is 23.9. The number of amides is 7. The lowest BCUT2D eigenvalue weighted by molar-refractivity contribution is -0.141. The Morgan fingerprint density at radius 2 is 0.750 bits per heavy atom. The molecule has 448 valence electrons. The fourth-order valence-corrected chi connectivity index (χ4v) is 6.95. The second-order valence-corrected chi connectivity index (χ2v) is 17.1. The predicted octanol–water partition coefficient (Wildman–Crippen LogP) is 1.64. The molecule has 1 aliphatic heterocycles. The Bertz CT molecular complexity index is 2930. The minimum Gasteiger partial charge on any atom is -0.481 e. The summed E-state index contributed by atoms with van der Waals surface area (Å²) >= 11 is 0. The van der Waals surface area contributed by atoms with Crippen molar-refractivity contribution >= 4 is 89.1 Å². The number of allylic oxidation sites excluding steroid dienone is 1. The van der Waals surface area contributed by atoms with E-state index in [-0.39, 0.29) is 89.9 Å².